The first kappa shape index (κ1) is 13.0. The number of alkyl halides is 1. The van der Waals surface area contributed by atoms with E-state index in [1.165, 1.54) is 5.56 Å². The first-order valence-electron chi connectivity index (χ1n) is 5.89. The van der Waals surface area contributed by atoms with E-state index in [-0.39, 0.29) is 10.6 Å². The van der Waals surface area contributed by atoms with Gasteiger partial charge in [-0.1, -0.05) is 47.1 Å². The van der Waals surface area contributed by atoms with E-state index in [1.54, 1.807) is 12.4 Å². The highest BCUT2D eigenvalue weighted by Gasteiger charge is 2.18. The Hall–Kier alpha value is -1.48. The third-order valence-corrected chi connectivity index (χ3v) is 3.82. The number of hydrogen-bond acceptors (Lipinski definition) is 2. The molecule has 92 valence electrons. The molecule has 0 aliphatic heterocycles. The van der Waals surface area contributed by atoms with E-state index >= 15 is 0 Å². The van der Waals surface area contributed by atoms with Crippen molar-refractivity contribution in [3.05, 3.63) is 65.5 Å². The van der Waals surface area contributed by atoms with Gasteiger partial charge in [-0.25, -0.2) is 0 Å². The molecule has 0 saturated heterocycles. The van der Waals surface area contributed by atoms with E-state index in [9.17, 15) is 4.79 Å². The van der Waals surface area contributed by atoms with Gasteiger partial charge >= 0.3 is 0 Å². The molecule has 0 radical (unpaired) electrons. The van der Waals surface area contributed by atoms with E-state index in [0.717, 1.165) is 17.5 Å². The Morgan fingerprint density at radius 1 is 1.17 bits per heavy atom. The van der Waals surface area contributed by atoms with Crippen LogP contribution in [-0.2, 0) is 6.42 Å². The lowest BCUT2D eigenvalue weighted by molar-refractivity contribution is 0.0991. The maximum atomic E-state index is 12.3. The van der Waals surface area contributed by atoms with E-state index in [0.29, 0.717) is 0 Å². The van der Waals surface area contributed by atoms with Gasteiger partial charge in [0.1, 0.15) is 4.83 Å². The van der Waals surface area contributed by atoms with Crippen LogP contribution < -0.4 is 0 Å². The monoisotopic (exact) mass is 303 g/mol. The molecule has 2 nitrogen and oxygen atoms in total. The number of hydrogen-bond donors (Lipinski definition) is 0. The second kappa shape index (κ2) is 5.91. The standard InChI is InChI=1S/C15H14BrNO/c1-2-11-3-5-13(6-4-11)15(18)14(16)12-7-9-17-10-8-12/h3-10,14H,2H2,1H3/t14-/m1/s1. The molecule has 0 amide bonds. The minimum atomic E-state index is -0.312. The van der Waals surface area contributed by atoms with E-state index in [2.05, 4.69) is 27.8 Å². The first-order chi connectivity index (χ1) is 8.72. The number of ketones is 1. The van der Waals surface area contributed by atoms with Crippen molar-refractivity contribution < 1.29 is 4.79 Å². The molecule has 0 aliphatic rings. The van der Waals surface area contributed by atoms with Gasteiger partial charge in [0.25, 0.3) is 0 Å². The fourth-order valence-corrected chi connectivity index (χ4v) is 2.30. The van der Waals surface area contributed by atoms with Gasteiger partial charge in [0, 0.05) is 18.0 Å². The first-order valence-corrected chi connectivity index (χ1v) is 6.81. The number of nitrogens with zero attached hydrogens (tertiary/aromatic N) is 1. The number of aromatic nitrogens is 1. The number of Topliss-reactive ketones (excluding diaryl/α,β-unsaturated/α-hetero) is 1. The van der Waals surface area contributed by atoms with Gasteiger partial charge in [-0.05, 0) is 29.7 Å². The zero-order valence-corrected chi connectivity index (χ0v) is 11.7. The van der Waals surface area contributed by atoms with Crippen LogP contribution in [0.25, 0.3) is 0 Å². The van der Waals surface area contributed by atoms with Crippen LogP contribution in [0.15, 0.2) is 48.8 Å². The summed E-state index contributed by atoms with van der Waals surface area (Å²) in [5.41, 5.74) is 2.89. The Kier molecular flexibility index (Phi) is 4.26. The summed E-state index contributed by atoms with van der Waals surface area (Å²) in [4.78, 5) is 15.9. The average Bonchev–Trinajstić information content (AvgIpc) is 2.47. The highest BCUT2D eigenvalue weighted by Crippen LogP contribution is 2.26. The maximum absolute atomic E-state index is 12.3. The molecule has 0 saturated carbocycles. The molecule has 2 aromatic rings. The molecule has 1 aromatic heterocycles. The van der Waals surface area contributed by atoms with E-state index in [4.69, 9.17) is 0 Å². The summed E-state index contributed by atoms with van der Waals surface area (Å²) >= 11 is 3.45. The van der Waals surface area contributed by atoms with Crippen LogP contribution in [0, 0.1) is 0 Å². The van der Waals surface area contributed by atoms with Crippen LogP contribution in [0.4, 0.5) is 0 Å². The zero-order chi connectivity index (χ0) is 13.0. The van der Waals surface area contributed by atoms with E-state index in [1.807, 2.05) is 36.4 Å². The molecule has 18 heavy (non-hydrogen) atoms. The lowest BCUT2D eigenvalue weighted by atomic mass is 10.0. The predicted octanol–water partition coefficient (Wildman–Crippen LogP) is 3.96. The zero-order valence-electron chi connectivity index (χ0n) is 10.1. The molecule has 3 heteroatoms. The second-order valence-corrected chi connectivity index (χ2v) is 4.97. The third-order valence-electron chi connectivity index (χ3n) is 2.88. The van der Waals surface area contributed by atoms with Gasteiger partial charge in [-0.3, -0.25) is 9.78 Å². The Morgan fingerprint density at radius 3 is 2.33 bits per heavy atom. The summed E-state index contributed by atoms with van der Waals surface area (Å²) in [5, 5.41) is 0. The lowest BCUT2D eigenvalue weighted by Crippen LogP contribution is -2.07. The van der Waals surface area contributed by atoms with Gasteiger partial charge in [-0.2, -0.15) is 0 Å². The summed E-state index contributed by atoms with van der Waals surface area (Å²) in [6, 6.07) is 11.5. The number of halogens is 1. The Balaban J connectivity index is 2.20. The highest BCUT2D eigenvalue weighted by molar-refractivity contribution is 9.09. The van der Waals surface area contributed by atoms with Crippen LogP contribution in [0.3, 0.4) is 0 Å². The highest BCUT2D eigenvalue weighted by atomic mass is 79.9. The summed E-state index contributed by atoms with van der Waals surface area (Å²) in [6.07, 6.45) is 4.37. The van der Waals surface area contributed by atoms with Gasteiger partial charge in [0.2, 0.25) is 0 Å². The van der Waals surface area contributed by atoms with Crippen LogP contribution in [0.1, 0.15) is 33.2 Å². The molecule has 0 bridgehead atoms. The van der Waals surface area contributed by atoms with Crippen LogP contribution in [0.2, 0.25) is 0 Å². The summed E-state index contributed by atoms with van der Waals surface area (Å²) in [6.45, 7) is 2.10. The van der Waals surface area contributed by atoms with Gasteiger partial charge in [0.15, 0.2) is 5.78 Å². The molecular formula is C15H14BrNO. The quantitative estimate of drug-likeness (QED) is 0.632. The molecule has 0 unspecified atom stereocenters. The number of rotatable bonds is 4. The lowest BCUT2D eigenvalue weighted by Gasteiger charge is -2.09. The van der Waals surface area contributed by atoms with Gasteiger partial charge < -0.3 is 0 Å². The van der Waals surface area contributed by atoms with Crippen molar-refractivity contribution in [2.24, 2.45) is 0 Å². The summed E-state index contributed by atoms with van der Waals surface area (Å²) in [5.74, 6) is 0.0730. The molecule has 0 fully saturated rings. The van der Waals surface area contributed by atoms with Crippen molar-refractivity contribution in [1.29, 1.82) is 0 Å². The van der Waals surface area contributed by atoms with Crippen molar-refractivity contribution in [1.82, 2.24) is 4.98 Å². The largest absolute Gasteiger partial charge is 0.293 e. The van der Waals surface area contributed by atoms with Crippen molar-refractivity contribution in [3.8, 4) is 0 Å². The van der Waals surface area contributed by atoms with Crippen molar-refractivity contribution in [2.75, 3.05) is 0 Å². The molecular weight excluding hydrogens is 290 g/mol. The van der Waals surface area contributed by atoms with Crippen LogP contribution in [0.5, 0.6) is 0 Å². The van der Waals surface area contributed by atoms with Gasteiger partial charge in [0.05, 0.1) is 0 Å². The minimum absolute atomic E-state index is 0.0730. The number of aryl methyl sites for hydroxylation is 1. The topological polar surface area (TPSA) is 30.0 Å². The SMILES string of the molecule is CCc1ccc(C(=O)[C@H](Br)c2ccncc2)cc1. The van der Waals surface area contributed by atoms with Gasteiger partial charge in [-0.15, -0.1) is 0 Å². The molecule has 0 spiro atoms. The summed E-state index contributed by atoms with van der Waals surface area (Å²) < 4.78 is 0. The average molecular weight is 304 g/mol. The van der Waals surface area contributed by atoms with E-state index < -0.39 is 0 Å². The number of carbonyl (C=O) groups excluding carboxylic acids is 1. The minimum Gasteiger partial charge on any atom is -0.293 e. The molecule has 1 heterocycles. The van der Waals surface area contributed by atoms with Crippen molar-refractivity contribution in [3.63, 3.8) is 0 Å². The molecule has 1 atom stereocenters. The second-order valence-electron chi connectivity index (χ2n) is 4.06. The third kappa shape index (κ3) is 2.85. The normalized spacial score (nSPS) is 12.1. The smallest absolute Gasteiger partial charge is 0.180 e. The molecule has 2 rings (SSSR count). The molecule has 1 aromatic carbocycles. The molecule has 0 aliphatic carbocycles. The fourth-order valence-electron chi connectivity index (χ4n) is 1.73. The summed E-state index contributed by atoms with van der Waals surface area (Å²) in [7, 11) is 0. The number of carbonyl (C=O) groups is 1. The number of benzene rings is 1. The van der Waals surface area contributed by atoms with Crippen LogP contribution in [-0.4, -0.2) is 10.8 Å². The Morgan fingerprint density at radius 2 is 1.78 bits per heavy atom. The van der Waals surface area contributed by atoms with Crippen LogP contribution >= 0.6 is 15.9 Å². The molecule has 0 N–H and O–H groups in total. The van der Waals surface area contributed by atoms with Crippen molar-refractivity contribution >= 4 is 21.7 Å². The fraction of sp³-hybridized carbons (Fsp3) is 0.200. The Bertz CT molecular complexity index is 522. The predicted molar refractivity (Wildman–Crippen MR) is 76.1 cm³/mol. The maximum Gasteiger partial charge on any atom is 0.180 e. The van der Waals surface area contributed by atoms with Crippen molar-refractivity contribution in [2.45, 2.75) is 18.2 Å². The Labute approximate surface area is 115 Å². The number of pyridine rings is 1.